The van der Waals surface area contributed by atoms with E-state index in [1.165, 1.54) is 24.3 Å². The third-order valence-electron chi connectivity index (χ3n) is 5.00. The van der Waals surface area contributed by atoms with E-state index in [4.69, 9.17) is 4.74 Å². The van der Waals surface area contributed by atoms with Crippen molar-refractivity contribution in [3.05, 3.63) is 102 Å². The van der Waals surface area contributed by atoms with Crippen LogP contribution in [0, 0.1) is 5.82 Å². The number of aliphatic hydroxyl groups excluding tert-OH is 1. The minimum absolute atomic E-state index is 0.257. The molecular weight excluding hydrogens is 411 g/mol. The molecule has 162 valence electrons. The molecule has 0 bridgehead atoms. The van der Waals surface area contributed by atoms with E-state index < -0.39 is 23.9 Å². The van der Waals surface area contributed by atoms with E-state index >= 15 is 0 Å². The van der Waals surface area contributed by atoms with Crippen LogP contribution in [0.3, 0.4) is 0 Å². The number of hydrogen-bond donors (Lipinski definition) is 3. The van der Waals surface area contributed by atoms with Crippen LogP contribution in [0.2, 0.25) is 0 Å². The first-order chi connectivity index (χ1) is 15.5. The van der Waals surface area contributed by atoms with Gasteiger partial charge in [0.05, 0.1) is 17.3 Å². The van der Waals surface area contributed by atoms with Crippen LogP contribution < -0.4 is 10.1 Å². The number of halogens is 1. The molecule has 6 nitrogen and oxygen atoms in total. The summed E-state index contributed by atoms with van der Waals surface area (Å²) in [5, 5.41) is 23.5. The Morgan fingerprint density at radius 1 is 1.00 bits per heavy atom. The number of carboxylic acid groups (broad SMARTS) is 1. The summed E-state index contributed by atoms with van der Waals surface area (Å²) < 4.78 is 19.1. The molecule has 0 spiro atoms. The van der Waals surface area contributed by atoms with Crippen molar-refractivity contribution in [2.24, 2.45) is 0 Å². The summed E-state index contributed by atoms with van der Waals surface area (Å²) in [4.78, 5) is 16.0. The molecule has 0 aliphatic rings. The lowest BCUT2D eigenvalue weighted by atomic mass is 10.0. The predicted octanol–water partition coefficient (Wildman–Crippen LogP) is 4.55. The van der Waals surface area contributed by atoms with Crippen LogP contribution >= 0.6 is 0 Å². The molecule has 3 N–H and O–H groups in total. The van der Waals surface area contributed by atoms with Crippen molar-refractivity contribution in [1.29, 1.82) is 0 Å². The largest absolute Gasteiger partial charge is 0.487 e. The zero-order valence-electron chi connectivity index (χ0n) is 17.0. The van der Waals surface area contributed by atoms with Gasteiger partial charge in [0.2, 0.25) is 0 Å². The fourth-order valence-corrected chi connectivity index (χ4v) is 3.36. The number of para-hydroxylation sites is 1. The minimum atomic E-state index is -1.73. The van der Waals surface area contributed by atoms with Crippen molar-refractivity contribution in [3.8, 4) is 5.75 Å². The highest BCUT2D eigenvalue weighted by Crippen LogP contribution is 2.26. The number of pyridine rings is 1. The molecule has 0 aliphatic heterocycles. The topological polar surface area (TPSA) is 91.7 Å². The lowest BCUT2D eigenvalue weighted by molar-refractivity contribution is -0.147. The first-order valence-corrected chi connectivity index (χ1v) is 10.00. The number of hydrogen-bond acceptors (Lipinski definition) is 5. The Balaban J connectivity index is 1.50. The Morgan fingerprint density at radius 3 is 2.56 bits per heavy atom. The molecule has 0 fully saturated rings. The number of nitrogens with one attached hydrogen (secondary N) is 1. The molecule has 0 saturated carbocycles. The zero-order chi connectivity index (χ0) is 22.5. The lowest BCUT2D eigenvalue weighted by Crippen LogP contribution is -2.32. The minimum Gasteiger partial charge on any atom is -0.487 e. The molecule has 1 unspecified atom stereocenters. The number of aliphatic carboxylic acids is 1. The molecular formula is C25H21FN2O4. The second kappa shape index (κ2) is 9.45. The maximum Gasteiger partial charge on any atom is 0.335 e. The van der Waals surface area contributed by atoms with Gasteiger partial charge < -0.3 is 20.3 Å². The van der Waals surface area contributed by atoms with E-state index in [0.29, 0.717) is 17.0 Å². The monoisotopic (exact) mass is 432 g/mol. The van der Waals surface area contributed by atoms with Crippen LogP contribution in [-0.4, -0.2) is 27.3 Å². The maximum atomic E-state index is 13.3. The molecule has 7 heteroatoms. The number of rotatable bonds is 8. The summed E-state index contributed by atoms with van der Waals surface area (Å²) in [5.41, 5.74) is 2.64. The van der Waals surface area contributed by atoms with Gasteiger partial charge in [-0.1, -0.05) is 42.5 Å². The zero-order valence-corrected chi connectivity index (χ0v) is 17.0. The van der Waals surface area contributed by atoms with Crippen LogP contribution in [0.1, 0.15) is 17.3 Å². The third-order valence-corrected chi connectivity index (χ3v) is 5.00. The van der Waals surface area contributed by atoms with Gasteiger partial charge in [-0.2, -0.15) is 0 Å². The standard InChI is InChI=1S/C25H21FN2O4/c26-18-11-8-17(9-12-18)23(24(29)25(30)31)28-19-5-3-6-21(14-19)32-15-20-13-10-16-4-1-2-7-22(16)27-20/h1-14,23-24,28-29H,15H2,(H,30,31)/t23?,24-/m1/s1. The lowest BCUT2D eigenvalue weighted by Gasteiger charge is -2.23. The van der Waals surface area contributed by atoms with Crippen molar-refractivity contribution < 1.29 is 24.1 Å². The average Bonchev–Trinajstić information content (AvgIpc) is 2.81. The molecule has 0 saturated heterocycles. The molecule has 0 aliphatic carbocycles. The van der Waals surface area contributed by atoms with Crippen molar-refractivity contribution in [2.45, 2.75) is 18.8 Å². The Morgan fingerprint density at radius 2 is 1.78 bits per heavy atom. The van der Waals surface area contributed by atoms with Crippen LogP contribution in [-0.2, 0) is 11.4 Å². The summed E-state index contributed by atoms with van der Waals surface area (Å²) in [7, 11) is 0. The van der Waals surface area contributed by atoms with Gasteiger partial charge in [0.25, 0.3) is 0 Å². The Labute approximate surface area is 183 Å². The molecule has 1 heterocycles. The molecule has 4 aromatic rings. The van der Waals surface area contributed by atoms with Gasteiger partial charge in [-0.3, -0.25) is 0 Å². The van der Waals surface area contributed by atoms with Gasteiger partial charge in [0.15, 0.2) is 6.10 Å². The van der Waals surface area contributed by atoms with Gasteiger partial charge >= 0.3 is 5.97 Å². The predicted molar refractivity (Wildman–Crippen MR) is 119 cm³/mol. The number of anilines is 1. The Hall–Kier alpha value is -3.97. The van der Waals surface area contributed by atoms with Crippen LogP contribution in [0.5, 0.6) is 5.75 Å². The van der Waals surface area contributed by atoms with Crippen molar-refractivity contribution in [1.82, 2.24) is 4.98 Å². The fourth-order valence-electron chi connectivity index (χ4n) is 3.36. The summed E-state index contributed by atoms with van der Waals surface area (Å²) in [6.07, 6.45) is -1.73. The average molecular weight is 432 g/mol. The van der Waals surface area contributed by atoms with Gasteiger partial charge in [-0.25, -0.2) is 14.2 Å². The van der Waals surface area contributed by atoms with Crippen molar-refractivity contribution in [2.75, 3.05) is 5.32 Å². The highest BCUT2D eigenvalue weighted by Gasteiger charge is 2.27. The Kier molecular flexibility index (Phi) is 6.28. The van der Waals surface area contributed by atoms with E-state index in [0.717, 1.165) is 16.6 Å². The van der Waals surface area contributed by atoms with Crippen molar-refractivity contribution >= 4 is 22.6 Å². The Bertz CT molecular complexity index is 1230. The van der Waals surface area contributed by atoms with Crippen LogP contribution in [0.25, 0.3) is 10.9 Å². The van der Waals surface area contributed by atoms with E-state index in [9.17, 15) is 19.4 Å². The molecule has 2 atom stereocenters. The number of aliphatic hydroxyl groups is 1. The number of aromatic nitrogens is 1. The molecule has 32 heavy (non-hydrogen) atoms. The SMILES string of the molecule is O=C(O)[C@H](O)C(Nc1cccc(OCc2ccc3ccccc3n2)c1)c1ccc(F)cc1. The maximum absolute atomic E-state index is 13.3. The number of fused-ring (bicyclic) bond motifs is 1. The smallest absolute Gasteiger partial charge is 0.335 e. The van der Waals surface area contributed by atoms with E-state index in [2.05, 4.69) is 10.3 Å². The quantitative estimate of drug-likeness (QED) is 0.378. The summed E-state index contributed by atoms with van der Waals surface area (Å²) in [5.74, 6) is -1.29. The van der Waals surface area contributed by atoms with E-state index in [-0.39, 0.29) is 6.61 Å². The summed E-state index contributed by atoms with van der Waals surface area (Å²) in [6, 6.07) is 23.0. The van der Waals surface area contributed by atoms with E-state index in [1.807, 2.05) is 36.4 Å². The normalized spacial score (nSPS) is 12.8. The van der Waals surface area contributed by atoms with Gasteiger partial charge in [0, 0.05) is 17.1 Å². The van der Waals surface area contributed by atoms with E-state index in [1.54, 1.807) is 24.3 Å². The third kappa shape index (κ3) is 5.01. The second-order valence-corrected chi connectivity index (χ2v) is 7.27. The molecule has 0 radical (unpaired) electrons. The summed E-state index contributed by atoms with van der Waals surface area (Å²) >= 11 is 0. The van der Waals surface area contributed by atoms with Crippen LogP contribution in [0.4, 0.5) is 10.1 Å². The number of nitrogens with zero attached hydrogens (tertiary/aromatic N) is 1. The molecule has 3 aromatic carbocycles. The highest BCUT2D eigenvalue weighted by molar-refractivity contribution is 5.78. The highest BCUT2D eigenvalue weighted by atomic mass is 19.1. The number of carboxylic acids is 1. The molecule has 0 amide bonds. The molecule has 4 rings (SSSR count). The summed E-state index contributed by atoms with van der Waals surface area (Å²) in [6.45, 7) is 0.257. The van der Waals surface area contributed by atoms with Crippen molar-refractivity contribution in [3.63, 3.8) is 0 Å². The van der Waals surface area contributed by atoms with Gasteiger partial charge in [-0.05, 0) is 42.0 Å². The number of ether oxygens (including phenoxy) is 1. The van der Waals surface area contributed by atoms with Gasteiger partial charge in [-0.15, -0.1) is 0 Å². The first-order valence-electron chi connectivity index (χ1n) is 10.00. The molecule has 1 aromatic heterocycles. The fraction of sp³-hybridized carbons (Fsp3) is 0.120. The second-order valence-electron chi connectivity index (χ2n) is 7.27. The number of benzene rings is 3. The number of carbonyl (C=O) groups is 1. The first kappa shape index (κ1) is 21.3. The van der Waals surface area contributed by atoms with Crippen LogP contribution in [0.15, 0.2) is 84.9 Å². The van der Waals surface area contributed by atoms with Gasteiger partial charge in [0.1, 0.15) is 18.2 Å².